The van der Waals surface area contributed by atoms with Crippen LogP contribution in [0.3, 0.4) is 0 Å². The molecule has 2 aliphatic heterocycles. The van der Waals surface area contributed by atoms with Gasteiger partial charge in [-0.3, -0.25) is 0 Å². The van der Waals surface area contributed by atoms with Crippen molar-refractivity contribution >= 4 is 0 Å². The van der Waals surface area contributed by atoms with Crippen LogP contribution in [0.5, 0.6) is 0 Å². The minimum atomic E-state index is 0.259. The Bertz CT molecular complexity index is 295. The van der Waals surface area contributed by atoms with Crippen molar-refractivity contribution in [3.8, 4) is 0 Å². The number of rotatable bonds is 4. The molecule has 0 aromatic rings. The van der Waals surface area contributed by atoms with Gasteiger partial charge in [-0.05, 0) is 64.0 Å². The molecule has 0 amide bonds. The molecular formula is C16H30N2O2. The lowest BCUT2D eigenvalue weighted by atomic mass is 9.67. The molecule has 1 saturated carbocycles. The third-order valence-electron chi connectivity index (χ3n) is 5.57. The molecule has 2 N–H and O–H groups in total. The molecule has 4 nitrogen and oxygen atoms in total. The smallest absolute Gasteiger partial charge is 0.0983 e. The van der Waals surface area contributed by atoms with Crippen LogP contribution >= 0.6 is 0 Å². The normalized spacial score (nSPS) is 34.6. The SMILES string of the molecule is CCO[C@@H]1COC[C@H]1NC1CCC2(CCNCC2)CC1. The monoisotopic (exact) mass is 282 g/mol. The maximum Gasteiger partial charge on any atom is 0.0983 e. The lowest BCUT2D eigenvalue weighted by Crippen LogP contribution is -2.49. The van der Waals surface area contributed by atoms with E-state index in [-0.39, 0.29) is 6.10 Å². The maximum absolute atomic E-state index is 5.77. The van der Waals surface area contributed by atoms with Crippen molar-refractivity contribution in [2.75, 3.05) is 32.9 Å². The van der Waals surface area contributed by atoms with Gasteiger partial charge in [0.2, 0.25) is 0 Å². The third-order valence-corrected chi connectivity index (χ3v) is 5.57. The van der Waals surface area contributed by atoms with Crippen LogP contribution in [0.1, 0.15) is 45.4 Å². The summed E-state index contributed by atoms with van der Waals surface area (Å²) in [6, 6.07) is 1.08. The number of piperidine rings is 1. The Morgan fingerprint density at radius 1 is 1.15 bits per heavy atom. The first kappa shape index (κ1) is 14.8. The molecule has 0 aromatic heterocycles. The van der Waals surface area contributed by atoms with E-state index in [4.69, 9.17) is 9.47 Å². The van der Waals surface area contributed by atoms with E-state index in [9.17, 15) is 0 Å². The maximum atomic E-state index is 5.77. The molecule has 4 heteroatoms. The summed E-state index contributed by atoms with van der Waals surface area (Å²) < 4.78 is 11.3. The molecule has 3 aliphatic rings. The quantitative estimate of drug-likeness (QED) is 0.823. The average Bonchev–Trinajstić information content (AvgIpc) is 2.90. The molecular weight excluding hydrogens is 252 g/mol. The van der Waals surface area contributed by atoms with Gasteiger partial charge in [-0.25, -0.2) is 0 Å². The fourth-order valence-corrected chi connectivity index (χ4v) is 4.23. The Labute approximate surface area is 123 Å². The first-order valence-corrected chi connectivity index (χ1v) is 8.47. The summed E-state index contributed by atoms with van der Waals surface area (Å²) in [5.74, 6) is 0. The van der Waals surface area contributed by atoms with Crippen molar-refractivity contribution in [3.05, 3.63) is 0 Å². The zero-order valence-electron chi connectivity index (χ0n) is 12.8. The van der Waals surface area contributed by atoms with Crippen molar-refractivity contribution in [1.82, 2.24) is 10.6 Å². The van der Waals surface area contributed by atoms with Crippen LogP contribution in [-0.2, 0) is 9.47 Å². The summed E-state index contributed by atoms with van der Waals surface area (Å²) in [6.45, 7) is 6.87. The Kier molecular flexibility index (Phi) is 4.97. The minimum absolute atomic E-state index is 0.259. The van der Waals surface area contributed by atoms with Gasteiger partial charge in [0.1, 0.15) is 0 Å². The second-order valence-electron chi connectivity index (χ2n) is 6.83. The van der Waals surface area contributed by atoms with Gasteiger partial charge in [-0.2, -0.15) is 0 Å². The molecule has 0 bridgehead atoms. The van der Waals surface area contributed by atoms with Gasteiger partial charge in [0.25, 0.3) is 0 Å². The number of hydrogen-bond donors (Lipinski definition) is 2. The van der Waals surface area contributed by atoms with Crippen LogP contribution in [0.15, 0.2) is 0 Å². The zero-order chi connectivity index (χ0) is 13.8. The van der Waals surface area contributed by atoms with Crippen molar-refractivity contribution in [2.45, 2.75) is 63.6 Å². The molecule has 3 rings (SSSR count). The highest BCUT2D eigenvalue weighted by Crippen LogP contribution is 2.43. The number of nitrogens with one attached hydrogen (secondary N) is 2. The summed E-state index contributed by atoms with van der Waals surface area (Å²) in [7, 11) is 0. The molecule has 116 valence electrons. The molecule has 0 aromatic carbocycles. The van der Waals surface area contributed by atoms with E-state index in [0.29, 0.717) is 17.5 Å². The highest BCUT2D eigenvalue weighted by Gasteiger charge is 2.38. The molecule has 1 aliphatic carbocycles. The summed E-state index contributed by atoms with van der Waals surface area (Å²) in [5.41, 5.74) is 0.662. The number of hydrogen-bond acceptors (Lipinski definition) is 4. The van der Waals surface area contributed by atoms with Gasteiger partial charge in [0, 0.05) is 12.6 Å². The number of ether oxygens (including phenoxy) is 2. The Morgan fingerprint density at radius 3 is 2.60 bits per heavy atom. The van der Waals surface area contributed by atoms with E-state index in [2.05, 4.69) is 17.6 Å². The van der Waals surface area contributed by atoms with Crippen LogP contribution in [0.25, 0.3) is 0 Å². The first-order chi connectivity index (χ1) is 9.81. The fraction of sp³-hybridized carbons (Fsp3) is 1.00. The van der Waals surface area contributed by atoms with Crippen molar-refractivity contribution < 1.29 is 9.47 Å². The van der Waals surface area contributed by atoms with Gasteiger partial charge in [-0.15, -0.1) is 0 Å². The van der Waals surface area contributed by atoms with E-state index in [1.165, 1.54) is 51.6 Å². The topological polar surface area (TPSA) is 42.5 Å². The molecule has 2 atom stereocenters. The van der Waals surface area contributed by atoms with Crippen molar-refractivity contribution in [2.24, 2.45) is 5.41 Å². The Morgan fingerprint density at radius 2 is 1.90 bits per heavy atom. The van der Waals surface area contributed by atoms with E-state index in [0.717, 1.165) is 19.8 Å². The van der Waals surface area contributed by atoms with Crippen LogP contribution in [0.2, 0.25) is 0 Å². The summed E-state index contributed by atoms with van der Waals surface area (Å²) in [6.07, 6.45) is 8.49. The zero-order valence-corrected chi connectivity index (χ0v) is 12.8. The van der Waals surface area contributed by atoms with Crippen molar-refractivity contribution in [3.63, 3.8) is 0 Å². The molecule has 2 saturated heterocycles. The highest BCUT2D eigenvalue weighted by molar-refractivity contribution is 4.93. The lowest BCUT2D eigenvalue weighted by molar-refractivity contribution is 0.0362. The van der Waals surface area contributed by atoms with Gasteiger partial charge in [0.15, 0.2) is 0 Å². The molecule has 1 spiro atoms. The van der Waals surface area contributed by atoms with Gasteiger partial charge < -0.3 is 20.1 Å². The predicted octanol–water partition coefficient (Wildman–Crippen LogP) is 1.69. The minimum Gasteiger partial charge on any atom is -0.377 e. The highest BCUT2D eigenvalue weighted by atomic mass is 16.5. The van der Waals surface area contributed by atoms with E-state index in [1.807, 2.05) is 0 Å². The second-order valence-corrected chi connectivity index (χ2v) is 6.83. The lowest BCUT2D eigenvalue weighted by Gasteiger charge is -2.44. The second kappa shape index (κ2) is 6.73. The van der Waals surface area contributed by atoms with E-state index >= 15 is 0 Å². The van der Waals surface area contributed by atoms with Gasteiger partial charge >= 0.3 is 0 Å². The van der Waals surface area contributed by atoms with Crippen LogP contribution in [0, 0.1) is 5.41 Å². The van der Waals surface area contributed by atoms with Crippen molar-refractivity contribution in [1.29, 1.82) is 0 Å². The van der Waals surface area contributed by atoms with Crippen LogP contribution in [0.4, 0.5) is 0 Å². The Balaban J connectivity index is 1.46. The average molecular weight is 282 g/mol. The Hall–Kier alpha value is -0.160. The molecule has 0 unspecified atom stereocenters. The molecule has 3 fully saturated rings. The van der Waals surface area contributed by atoms with E-state index in [1.54, 1.807) is 0 Å². The summed E-state index contributed by atoms with van der Waals surface area (Å²) >= 11 is 0. The predicted molar refractivity (Wildman–Crippen MR) is 79.9 cm³/mol. The van der Waals surface area contributed by atoms with Crippen LogP contribution < -0.4 is 10.6 Å². The summed E-state index contributed by atoms with van der Waals surface area (Å²) in [5, 5.41) is 7.31. The van der Waals surface area contributed by atoms with Crippen LogP contribution in [-0.4, -0.2) is 51.1 Å². The molecule has 0 radical (unpaired) electrons. The third kappa shape index (κ3) is 3.35. The molecule has 2 heterocycles. The largest absolute Gasteiger partial charge is 0.377 e. The van der Waals surface area contributed by atoms with Gasteiger partial charge in [0.05, 0.1) is 25.4 Å². The molecule has 20 heavy (non-hydrogen) atoms. The van der Waals surface area contributed by atoms with E-state index < -0.39 is 0 Å². The van der Waals surface area contributed by atoms with Gasteiger partial charge in [-0.1, -0.05) is 0 Å². The fourth-order valence-electron chi connectivity index (χ4n) is 4.23. The first-order valence-electron chi connectivity index (χ1n) is 8.47. The standard InChI is InChI=1S/C16H30N2O2/c1-2-20-15-12-19-11-14(15)18-13-3-5-16(6-4-13)7-9-17-10-8-16/h13-15,17-18H,2-12H2,1H3/t14-,15-/m1/s1. The summed E-state index contributed by atoms with van der Waals surface area (Å²) in [4.78, 5) is 0.